The number of hydrogen-bond donors (Lipinski definition) is 1. The normalized spacial score (nSPS) is 12.2. The molecule has 1 heterocycles. The molecule has 0 aliphatic heterocycles. The van der Waals surface area contributed by atoms with E-state index in [1.54, 1.807) is 12.1 Å². The van der Waals surface area contributed by atoms with Crippen LogP contribution in [0.2, 0.25) is 0 Å². The van der Waals surface area contributed by atoms with Crippen molar-refractivity contribution in [2.75, 3.05) is 20.6 Å². The summed E-state index contributed by atoms with van der Waals surface area (Å²) in [5.41, 5.74) is 4.57. The highest BCUT2D eigenvalue weighted by Gasteiger charge is 2.17. The summed E-state index contributed by atoms with van der Waals surface area (Å²) in [6.45, 7) is 5.41. The molecular formula is C24H29FN4O. The molecular weight excluding hydrogens is 379 g/mol. The molecule has 0 radical (unpaired) electrons. The Balaban J connectivity index is 1.76. The topological polar surface area (TPSA) is 50.2 Å². The van der Waals surface area contributed by atoms with Crippen LogP contribution in [0.4, 0.5) is 4.39 Å². The molecule has 158 valence electrons. The van der Waals surface area contributed by atoms with Crippen LogP contribution in [0.1, 0.15) is 45.3 Å². The molecule has 0 spiro atoms. The van der Waals surface area contributed by atoms with Crippen LogP contribution in [0.25, 0.3) is 0 Å². The van der Waals surface area contributed by atoms with Crippen molar-refractivity contribution in [3.8, 4) is 0 Å². The Kier molecular flexibility index (Phi) is 7.00. The van der Waals surface area contributed by atoms with Crippen LogP contribution in [0.3, 0.4) is 0 Å². The Morgan fingerprint density at radius 2 is 1.87 bits per heavy atom. The molecule has 0 saturated carbocycles. The maximum atomic E-state index is 13.3. The van der Waals surface area contributed by atoms with Crippen molar-refractivity contribution in [3.05, 3.63) is 88.5 Å². The first kappa shape index (κ1) is 21.7. The van der Waals surface area contributed by atoms with Gasteiger partial charge in [0.1, 0.15) is 5.82 Å². The lowest BCUT2D eigenvalue weighted by Crippen LogP contribution is -2.31. The number of nitrogens with one attached hydrogen (secondary N) is 1. The van der Waals surface area contributed by atoms with Crippen LogP contribution in [-0.4, -0.2) is 41.2 Å². The summed E-state index contributed by atoms with van der Waals surface area (Å²) in [4.78, 5) is 15.1. The fraction of sp³-hybridized carbons (Fsp3) is 0.333. The Morgan fingerprint density at radius 3 is 2.50 bits per heavy atom. The Hall–Kier alpha value is -2.99. The summed E-state index contributed by atoms with van der Waals surface area (Å²) in [5, 5.41) is 7.62. The monoisotopic (exact) mass is 408 g/mol. The van der Waals surface area contributed by atoms with E-state index >= 15 is 0 Å². The standard InChI is InChI=1S/C24H29FN4O/c1-17-14-18(2)29(27-17)16-19-6-5-7-21(15-19)24(30)26-23(12-13-28(3)4)20-8-10-22(25)11-9-20/h5-11,14-15,23H,12-13,16H2,1-4H3,(H,26,30). The zero-order valence-corrected chi connectivity index (χ0v) is 18.0. The van der Waals surface area contributed by atoms with Gasteiger partial charge >= 0.3 is 0 Å². The van der Waals surface area contributed by atoms with E-state index in [-0.39, 0.29) is 17.8 Å². The highest BCUT2D eigenvalue weighted by Crippen LogP contribution is 2.19. The van der Waals surface area contributed by atoms with Gasteiger partial charge < -0.3 is 10.2 Å². The molecule has 1 unspecified atom stereocenters. The predicted octanol–water partition coefficient (Wildman–Crippen LogP) is 4.11. The maximum absolute atomic E-state index is 13.3. The number of carbonyl (C=O) groups is 1. The van der Waals surface area contributed by atoms with Gasteiger partial charge in [0.25, 0.3) is 5.91 Å². The number of nitrogens with zero attached hydrogens (tertiary/aromatic N) is 3. The number of carbonyl (C=O) groups excluding carboxylic acids is 1. The summed E-state index contributed by atoms with van der Waals surface area (Å²) < 4.78 is 15.3. The van der Waals surface area contributed by atoms with Crippen LogP contribution >= 0.6 is 0 Å². The van der Waals surface area contributed by atoms with E-state index in [4.69, 9.17) is 0 Å². The van der Waals surface area contributed by atoms with E-state index in [9.17, 15) is 9.18 Å². The second-order valence-corrected chi connectivity index (χ2v) is 7.95. The van der Waals surface area contributed by atoms with Crippen molar-refractivity contribution in [2.45, 2.75) is 32.9 Å². The molecule has 0 fully saturated rings. The molecule has 1 aromatic heterocycles. The largest absolute Gasteiger partial charge is 0.345 e. The second kappa shape index (κ2) is 9.67. The zero-order valence-electron chi connectivity index (χ0n) is 18.0. The number of amides is 1. The zero-order chi connectivity index (χ0) is 21.7. The van der Waals surface area contributed by atoms with E-state index in [0.29, 0.717) is 12.1 Å². The first-order valence-electron chi connectivity index (χ1n) is 10.1. The second-order valence-electron chi connectivity index (χ2n) is 7.95. The summed E-state index contributed by atoms with van der Waals surface area (Å²) >= 11 is 0. The van der Waals surface area contributed by atoms with Crippen LogP contribution in [0.5, 0.6) is 0 Å². The first-order chi connectivity index (χ1) is 14.3. The van der Waals surface area contributed by atoms with Gasteiger partial charge in [-0.2, -0.15) is 5.10 Å². The lowest BCUT2D eigenvalue weighted by molar-refractivity contribution is 0.0932. The van der Waals surface area contributed by atoms with Crippen molar-refractivity contribution in [2.24, 2.45) is 0 Å². The summed E-state index contributed by atoms with van der Waals surface area (Å²) in [6.07, 6.45) is 0.732. The van der Waals surface area contributed by atoms with Crippen molar-refractivity contribution in [3.63, 3.8) is 0 Å². The minimum Gasteiger partial charge on any atom is -0.345 e. The average molecular weight is 409 g/mol. The first-order valence-corrected chi connectivity index (χ1v) is 10.1. The molecule has 2 aromatic carbocycles. The number of benzene rings is 2. The third kappa shape index (κ3) is 5.76. The molecule has 30 heavy (non-hydrogen) atoms. The SMILES string of the molecule is Cc1cc(C)n(Cc2cccc(C(=O)NC(CCN(C)C)c3ccc(F)cc3)c2)n1. The van der Waals surface area contributed by atoms with E-state index in [1.807, 2.05) is 63.0 Å². The van der Waals surface area contributed by atoms with Crippen LogP contribution < -0.4 is 5.32 Å². The Morgan fingerprint density at radius 1 is 1.13 bits per heavy atom. The van der Waals surface area contributed by atoms with Crippen molar-refractivity contribution >= 4 is 5.91 Å². The van der Waals surface area contributed by atoms with Crippen LogP contribution in [0, 0.1) is 19.7 Å². The molecule has 0 saturated heterocycles. The van der Waals surface area contributed by atoms with Gasteiger partial charge in [0.15, 0.2) is 0 Å². The van der Waals surface area contributed by atoms with Gasteiger partial charge in [-0.25, -0.2) is 4.39 Å². The molecule has 1 amide bonds. The van der Waals surface area contributed by atoms with Crippen molar-refractivity contribution in [1.29, 1.82) is 0 Å². The van der Waals surface area contributed by atoms with Crippen LogP contribution in [0.15, 0.2) is 54.6 Å². The predicted molar refractivity (Wildman–Crippen MR) is 117 cm³/mol. The third-order valence-corrected chi connectivity index (χ3v) is 5.07. The number of halogens is 1. The smallest absolute Gasteiger partial charge is 0.251 e. The van der Waals surface area contributed by atoms with Crippen molar-refractivity contribution < 1.29 is 9.18 Å². The van der Waals surface area contributed by atoms with E-state index in [0.717, 1.165) is 35.5 Å². The molecule has 5 nitrogen and oxygen atoms in total. The van der Waals surface area contributed by atoms with E-state index in [1.165, 1.54) is 12.1 Å². The molecule has 3 rings (SSSR count). The van der Waals surface area contributed by atoms with Gasteiger partial charge in [0, 0.05) is 11.3 Å². The third-order valence-electron chi connectivity index (χ3n) is 5.07. The number of aromatic nitrogens is 2. The minimum atomic E-state index is -0.284. The molecule has 1 N–H and O–H groups in total. The van der Waals surface area contributed by atoms with Gasteiger partial charge in [-0.1, -0.05) is 24.3 Å². The molecule has 1 atom stereocenters. The number of hydrogen-bond acceptors (Lipinski definition) is 3. The Labute approximate surface area is 177 Å². The molecule has 6 heteroatoms. The molecule has 0 bridgehead atoms. The highest BCUT2D eigenvalue weighted by molar-refractivity contribution is 5.94. The van der Waals surface area contributed by atoms with Gasteiger partial charge in [-0.3, -0.25) is 9.48 Å². The van der Waals surface area contributed by atoms with E-state index < -0.39 is 0 Å². The number of aryl methyl sites for hydroxylation is 2. The minimum absolute atomic E-state index is 0.140. The lowest BCUT2D eigenvalue weighted by atomic mass is 10.0. The van der Waals surface area contributed by atoms with Gasteiger partial charge in [-0.05, 0) is 82.4 Å². The maximum Gasteiger partial charge on any atom is 0.251 e. The lowest BCUT2D eigenvalue weighted by Gasteiger charge is -2.21. The van der Waals surface area contributed by atoms with Gasteiger partial charge in [-0.15, -0.1) is 0 Å². The quantitative estimate of drug-likeness (QED) is 0.610. The molecule has 3 aromatic rings. The molecule has 0 aliphatic rings. The fourth-order valence-corrected chi connectivity index (χ4v) is 3.47. The Bertz CT molecular complexity index is 995. The summed E-state index contributed by atoms with van der Waals surface area (Å²) in [7, 11) is 3.98. The van der Waals surface area contributed by atoms with Crippen molar-refractivity contribution in [1.82, 2.24) is 20.0 Å². The number of rotatable bonds is 8. The summed E-state index contributed by atoms with van der Waals surface area (Å²) in [6, 6.07) is 15.8. The van der Waals surface area contributed by atoms with E-state index in [2.05, 4.69) is 15.3 Å². The average Bonchev–Trinajstić information content (AvgIpc) is 3.02. The van der Waals surface area contributed by atoms with Gasteiger partial charge in [0.05, 0.1) is 18.3 Å². The van der Waals surface area contributed by atoms with Gasteiger partial charge in [0.2, 0.25) is 0 Å². The fourth-order valence-electron chi connectivity index (χ4n) is 3.47. The summed E-state index contributed by atoms with van der Waals surface area (Å²) in [5.74, 6) is -0.424. The van der Waals surface area contributed by atoms with Crippen LogP contribution in [-0.2, 0) is 6.54 Å². The highest BCUT2D eigenvalue weighted by atomic mass is 19.1. The molecule has 0 aliphatic carbocycles.